The number of rotatable bonds is 5. The number of carbonyl (C=O) groups is 1. The molecule has 0 atom stereocenters. The molecule has 4 heteroatoms. The predicted molar refractivity (Wildman–Crippen MR) is 57.9 cm³/mol. The first-order valence-corrected chi connectivity index (χ1v) is 5.18. The third kappa shape index (κ3) is 3.88. The van der Waals surface area contributed by atoms with Crippen LogP contribution in [0.5, 0.6) is 5.75 Å². The van der Waals surface area contributed by atoms with Crippen molar-refractivity contribution in [2.24, 2.45) is 0 Å². The SMILES string of the molecule is CCOC(=O)CCOc1ccc(F)cc1C. The van der Waals surface area contributed by atoms with Crippen LogP contribution in [0.25, 0.3) is 0 Å². The van der Waals surface area contributed by atoms with Crippen molar-refractivity contribution in [2.75, 3.05) is 13.2 Å². The lowest BCUT2D eigenvalue weighted by atomic mass is 10.2. The molecule has 0 aliphatic carbocycles. The predicted octanol–water partition coefficient (Wildman–Crippen LogP) is 2.47. The zero-order valence-corrected chi connectivity index (χ0v) is 9.46. The van der Waals surface area contributed by atoms with Gasteiger partial charge in [0.15, 0.2) is 0 Å². The molecule has 0 saturated carbocycles. The van der Waals surface area contributed by atoms with E-state index in [0.717, 1.165) is 0 Å². The first kappa shape index (κ1) is 12.5. The number of aryl methyl sites for hydroxylation is 1. The summed E-state index contributed by atoms with van der Waals surface area (Å²) in [5.41, 5.74) is 0.712. The van der Waals surface area contributed by atoms with Gasteiger partial charge in [-0.15, -0.1) is 0 Å². The minimum absolute atomic E-state index is 0.199. The van der Waals surface area contributed by atoms with E-state index in [1.807, 2.05) is 0 Å². The summed E-state index contributed by atoms with van der Waals surface area (Å²) in [6.07, 6.45) is 0.199. The molecule has 0 N–H and O–H groups in total. The van der Waals surface area contributed by atoms with Gasteiger partial charge in [0.05, 0.1) is 19.6 Å². The van der Waals surface area contributed by atoms with Crippen LogP contribution in [0.15, 0.2) is 18.2 Å². The van der Waals surface area contributed by atoms with Crippen molar-refractivity contribution >= 4 is 5.97 Å². The molecule has 1 aromatic rings. The fourth-order valence-electron chi connectivity index (χ4n) is 1.25. The summed E-state index contributed by atoms with van der Waals surface area (Å²) in [7, 11) is 0. The Labute approximate surface area is 94.2 Å². The second kappa shape index (κ2) is 6.10. The molecular formula is C12H15FO3. The summed E-state index contributed by atoms with van der Waals surface area (Å²) < 4.78 is 22.9. The van der Waals surface area contributed by atoms with E-state index in [-0.39, 0.29) is 24.8 Å². The van der Waals surface area contributed by atoms with Crippen LogP contribution < -0.4 is 4.74 Å². The second-order valence-corrected chi connectivity index (χ2v) is 3.31. The molecule has 0 radical (unpaired) electrons. The number of hydrogen-bond donors (Lipinski definition) is 0. The van der Waals surface area contributed by atoms with Gasteiger partial charge in [-0.2, -0.15) is 0 Å². The van der Waals surface area contributed by atoms with Gasteiger partial charge in [-0.05, 0) is 37.6 Å². The molecule has 0 heterocycles. The van der Waals surface area contributed by atoms with Gasteiger partial charge in [0.25, 0.3) is 0 Å². The van der Waals surface area contributed by atoms with Crippen molar-refractivity contribution in [1.82, 2.24) is 0 Å². The van der Waals surface area contributed by atoms with E-state index in [2.05, 4.69) is 0 Å². The molecular weight excluding hydrogens is 211 g/mol. The molecule has 0 aromatic heterocycles. The summed E-state index contributed by atoms with van der Waals surface area (Å²) in [5, 5.41) is 0. The molecule has 0 aliphatic rings. The number of halogens is 1. The van der Waals surface area contributed by atoms with Crippen LogP contribution in [0.3, 0.4) is 0 Å². The summed E-state index contributed by atoms with van der Waals surface area (Å²) in [6.45, 7) is 4.12. The van der Waals surface area contributed by atoms with Gasteiger partial charge < -0.3 is 9.47 Å². The van der Waals surface area contributed by atoms with Gasteiger partial charge in [-0.3, -0.25) is 4.79 Å². The van der Waals surface area contributed by atoms with Crippen molar-refractivity contribution < 1.29 is 18.7 Å². The summed E-state index contributed by atoms with van der Waals surface area (Å²) in [6, 6.07) is 4.27. The highest BCUT2D eigenvalue weighted by Gasteiger charge is 2.04. The lowest BCUT2D eigenvalue weighted by Gasteiger charge is -2.08. The van der Waals surface area contributed by atoms with Crippen molar-refractivity contribution in [3.63, 3.8) is 0 Å². The maximum atomic E-state index is 12.8. The zero-order valence-electron chi connectivity index (χ0n) is 9.46. The van der Waals surface area contributed by atoms with E-state index >= 15 is 0 Å². The standard InChI is InChI=1S/C12H15FO3/c1-3-15-12(14)6-7-16-11-5-4-10(13)8-9(11)2/h4-5,8H,3,6-7H2,1-2H3. The van der Waals surface area contributed by atoms with Crippen LogP contribution in [0.1, 0.15) is 18.9 Å². The third-order valence-corrected chi connectivity index (χ3v) is 2.01. The monoisotopic (exact) mass is 226 g/mol. The Hall–Kier alpha value is -1.58. The first-order chi connectivity index (χ1) is 7.63. The Balaban J connectivity index is 2.40. The number of ether oxygens (including phenoxy) is 2. The zero-order chi connectivity index (χ0) is 12.0. The average Bonchev–Trinajstić information content (AvgIpc) is 2.22. The summed E-state index contributed by atoms with van der Waals surface area (Å²) in [4.78, 5) is 11.0. The lowest BCUT2D eigenvalue weighted by molar-refractivity contribution is -0.143. The van der Waals surface area contributed by atoms with Crippen LogP contribution in [0, 0.1) is 12.7 Å². The number of benzene rings is 1. The van der Waals surface area contributed by atoms with E-state index < -0.39 is 0 Å². The fraction of sp³-hybridized carbons (Fsp3) is 0.417. The molecule has 0 fully saturated rings. The van der Waals surface area contributed by atoms with Crippen molar-refractivity contribution in [1.29, 1.82) is 0 Å². The number of hydrogen-bond acceptors (Lipinski definition) is 3. The summed E-state index contributed by atoms with van der Waals surface area (Å²) >= 11 is 0. The van der Waals surface area contributed by atoms with E-state index in [1.165, 1.54) is 12.1 Å². The lowest BCUT2D eigenvalue weighted by Crippen LogP contribution is -2.09. The number of esters is 1. The molecule has 0 bridgehead atoms. The van der Waals surface area contributed by atoms with Crippen LogP contribution in [-0.2, 0) is 9.53 Å². The van der Waals surface area contributed by atoms with Crippen LogP contribution in [0.2, 0.25) is 0 Å². The molecule has 0 saturated heterocycles. The normalized spacial score (nSPS) is 9.94. The first-order valence-electron chi connectivity index (χ1n) is 5.18. The Morgan fingerprint density at radius 3 is 2.81 bits per heavy atom. The van der Waals surface area contributed by atoms with Crippen molar-refractivity contribution in [3.05, 3.63) is 29.6 Å². The topological polar surface area (TPSA) is 35.5 Å². The quantitative estimate of drug-likeness (QED) is 0.723. The van der Waals surface area contributed by atoms with Gasteiger partial charge in [-0.1, -0.05) is 0 Å². The summed E-state index contributed by atoms with van der Waals surface area (Å²) in [5.74, 6) is 0.00297. The average molecular weight is 226 g/mol. The smallest absolute Gasteiger partial charge is 0.309 e. The van der Waals surface area contributed by atoms with E-state index in [0.29, 0.717) is 17.9 Å². The highest BCUT2D eigenvalue weighted by molar-refractivity contribution is 5.69. The highest BCUT2D eigenvalue weighted by atomic mass is 19.1. The van der Waals surface area contributed by atoms with Crippen molar-refractivity contribution in [2.45, 2.75) is 20.3 Å². The number of carbonyl (C=O) groups excluding carboxylic acids is 1. The molecule has 0 amide bonds. The van der Waals surface area contributed by atoms with Gasteiger partial charge in [0.2, 0.25) is 0 Å². The highest BCUT2D eigenvalue weighted by Crippen LogP contribution is 2.18. The molecule has 0 aliphatic heterocycles. The molecule has 3 nitrogen and oxygen atoms in total. The molecule has 16 heavy (non-hydrogen) atoms. The Kier molecular flexibility index (Phi) is 4.76. The Morgan fingerprint density at radius 2 is 2.19 bits per heavy atom. The fourth-order valence-corrected chi connectivity index (χ4v) is 1.25. The van der Waals surface area contributed by atoms with Gasteiger partial charge >= 0.3 is 5.97 Å². The maximum Gasteiger partial charge on any atom is 0.309 e. The largest absolute Gasteiger partial charge is 0.493 e. The van der Waals surface area contributed by atoms with E-state index in [9.17, 15) is 9.18 Å². The molecule has 1 aromatic carbocycles. The Bertz CT molecular complexity index is 363. The van der Waals surface area contributed by atoms with Gasteiger partial charge in [-0.25, -0.2) is 4.39 Å². The van der Waals surface area contributed by atoms with Gasteiger partial charge in [0.1, 0.15) is 11.6 Å². The molecule has 1 rings (SSSR count). The molecule has 0 spiro atoms. The van der Waals surface area contributed by atoms with Crippen LogP contribution in [-0.4, -0.2) is 19.2 Å². The minimum Gasteiger partial charge on any atom is -0.493 e. The second-order valence-electron chi connectivity index (χ2n) is 3.31. The van der Waals surface area contributed by atoms with Crippen molar-refractivity contribution in [3.8, 4) is 5.75 Å². The molecule has 88 valence electrons. The van der Waals surface area contributed by atoms with E-state index in [1.54, 1.807) is 19.9 Å². The van der Waals surface area contributed by atoms with Crippen LogP contribution in [0.4, 0.5) is 4.39 Å². The van der Waals surface area contributed by atoms with E-state index in [4.69, 9.17) is 9.47 Å². The van der Waals surface area contributed by atoms with Crippen LogP contribution >= 0.6 is 0 Å². The van der Waals surface area contributed by atoms with Gasteiger partial charge in [0, 0.05) is 0 Å². The minimum atomic E-state index is -0.296. The third-order valence-electron chi connectivity index (χ3n) is 2.01. The Morgan fingerprint density at radius 1 is 1.44 bits per heavy atom. The molecule has 0 unspecified atom stereocenters. The maximum absolute atomic E-state index is 12.8.